The zero-order chi connectivity index (χ0) is 25.9. The van der Waals surface area contributed by atoms with Gasteiger partial charge in [-0.15, -0.1) is 0 Å². The SMILES string of the molecule is CNC(C)(C(N)=O)[C@@H](C(=O)N1CCC[C@H]1c1cc(C(=O)c2ccc(F)cc2)ccn1)C1CCCCC1. The molecule has 2 amide bonds. The number of halogens is 1. The lowest BCUT2D eigenvalue weighted by molar-refractivity contribution is -0.147. The average Bonchev–Trinajstić information content (AvgIpc) is 3.39. The van der Waals surface area contributed by atoms with Gasteiger partial charge in [-0.1, -0.05) is 19.3 Å². The zero-order valence-corrected chi connectivity index (χ0v) is 21.0. The predicted octanol–water partition coefficient (Wildman–Crippen LogP) is 3.78. The van der Waals surface area contributed by atoms with Crippen LogP contribution < -0.4 is 11.1 Å². The van der Waals surface area contributed by atoms with Crippen molar-refractivity contribution in [2.75, 3.05) is 13.6 Å². The molecule has 8 heteroatoms. The van der Waals surface area contributed by atoms with E-state index in [1.165, 1.54) is 24.3 Å². The van der Waals surface area contributed by atoms with Crippen LogP contribution in [0.3, 0.4) is 0 Å². The number of ketones is 1. The number of primary amides is 1. The van der Waals surface area contributed by atoms with Crippen LogP contribution in [0, 0.1) is 17.7 Å². The van der Waals surface area contributed by atoms with E-state index >= 15 is 0 Å². The molecule has 7 nitrogen and oxygen atoms in total. The highest BCUT2D eigenvalue weighted by Crippen LogP contribution is 2.40. The van der Waals surface area contributed by atoms with Gasteiger partial charge in [-0.2, -0.15) is 0 Å². The Labute approximate surface area is 211 Å². The summed E-state index contributed by atoms with van der Waals surface area (Å²) >= 11 is 0. The zero-order valence-electron chi connectivity index (χ0n) is 21.0. The molecule has 1 unspecified atom stereocenters. The molecule has 3 N–H and O–H groups in total. The van der Waals surface area contributed by atoms with Gasteiger partial charge in [0.25, 0.3) is 0 Å². The summed E-state index contributed by atoms with van der Waals surface area (Å²) in [6.07, 6.45) is 8.08. The molecule has 4 rings (SSSR count). The van der Waals surface area contributed by atoms with Crippen LogP contribution in [0.15, 0.2) is 42.6 Å². The molecular weight excluding hydrogens is 459 g/mol. The molecule has 1 aliphatic heterocycles. The summed E-state index contributed by atoms with van der Waals surface area (Å²) in [5.74, 6) is -1.77. The van der Waals surface area contributed by atoms with Gasteiger partial charge >= 0.3 is 0 Å². The van der Waals surface area contributed by atoms with Gasteiger partial charge in [0, 0.05) is 23.9 Å². The minimum Gasteiger partial charge on any atom is -0.368 e. The first-order chi connectivity index (χ1) is 17.3. The molecule has 1 aromatic heterocycles. The fraction of sp³-hybridized carbons (Fsp3) is 0.500. The predicted molar refractivity (Wildman–Crippen MR) is 134 cm³/mol. The molecule has 0 spiro atoms. The van der Waals surface area contributed by atoms with Crippen LogP contribution in [-0.4, -0.2) is 46.6 Å². The maximum Gasteiger partial charge on any atom is 0.238 e. The number of pyridine rings is 1. The van der Waals surface area contributed by atoms with Gasteiger partial charge < -0.3 is 16.0 Å². The number of nitrogens with one attached hydrogen (secondary N) is 1. The summed E-state index contributed by atoms with van der Waals surface area (Å²) in [5, 5.41) is 3.07. The first-order valence-electron chi connectivity index (χ1n) is 12.8. The van der Waals surface area contributed by atoms with E-state index < -0.39 is 23.2 Å². The molecule has 36 heavy (non-hydrogen) atoms. The third-order valence-electron chi connectivity index (χ3n) is 8.07. The highest BCUT2D eigenvalue weighted by molar-refractivity contribution is 6.09. The monoisotopic (exact) mass is 494 g/mol. The summed E-state index contributed by atoms with van der Waals surface area (Å²) in [6, 6.07) is 8.50. The fourth-order valence-corrected chi connectivity index (χ4v) is 5.88. The number of hydrogen-bond donors (Lipinski definition) is 2. The molecule has 1 aromatic carbocycles. The summed E-state index contributed by atoms with van der Waals surface area (Å²) in [6.45, 7) is 2.29. The van der Waals surface area contributed by atoms with Gasteiger partial charge in [0.1, 0.15) is 11.4 Å². The lowest BCUT2D eigenvalue weighted by Crippen LogP contribution is -2.63. The second-order valence-corrected chi connectivity index (χ2v) is 10.2. The number of hydrogen-bond acceptors (Lipinski definition) is 5. The number of aromatic nitrogens is 1. The molecule has 3 atom stereocenters. The average molecular weight is 495 g/mol. The van der Waals surface area contributed by atoms with Crippen LogP contribution >= 0.6 is 0 Å². The summed E-state index contributed by atoms with van der Waals surface area (Å²) < 4.78 is 13.3. The van der Waals surface area contributed by atoms with E-state index in [9.17, 15) is 18.8 Å². The quantitative estimate of drug-likeness (QED) is 0.544. The lowest BCUT2D eigenvalue weighted by Gasteiger charge is -2.42. The minimum atomic E-state index is -1.17. The van der Waals surface area contributed by atoms with Crippen molar-refractivity contribution in [3.8, 4) is 0 Å². The van der Waals surface area contributed by atoms with Crippen molar-refractivity contribution in [3.63, 3.8) is 0 Å². The third kappa shape index (κ3) is 5.05. The molecule has 1 saturated carbocycles. The maximum atomic E-state index is 14.2. The second-order valence-electron chi connectivity index (χ2n) is 10.2. The number of carbonyl (C=O) groups is 3. The number of nitrogens with zero attached hydrogens (tertiary/aromatic N) is 2. The van der Waals surface area contributed by atoms with Crippen LogP contribution in [0.2, 0.25) is 0 Å². The lowest BCUT2D eigenvalue weighted by atomic mass is 9.69. The topological polar surface area (TPSA) is 105 Å². The van der Waals surface area contributed by atoms with E-state index in [1.54, 1.807) is 32.3 Å². The number of benzene rings is 1. The van der Waals surface area contributed by atoms with Gasteiger partial charge in [0.15, 0.2) is 5.78 Å². The molecule has 1 saturated heterocycles. The minimum absolute atomic E-state index is 0.0665. The molecule has 2 aromatic rings. The highest BCUT2D eigenvalue weighted by atomic mass is 19.1. The van der Waals surface area contributed by atoms with Gasteiger partial charge in [0.05, 0.1) is 17.7 Å². The molecule has 192 valence electrons. The van der Waals surface area contributed by atoms with Gasteiger partial charge in [0.2, 0.25) is 11.8 Å². The normalized spacial score (nSPS) is 21.1. The Morgan fingerprint density at radius 2 is 1.75 bits per heavy atom. The number of carbonyl (C=O) groups excluding carboxylic acids is 3. The van der Waals surface area contributed by atoms with Crippen LogP contribution in [0.5, 0.6) is 0 Å². The number of likely N-dealkylation sites (tertiary alicyclic amines) is 1. The largest absolute Gasteiger partial charge is 0.368 e. The van der Waals surface area contributed by atoms with E-state index in [0.29, 0.717) is 23.4 Å². The van der Waals surface area contributed by atoms with Crippen LogP contribution in [-0.2, 0) is 9.59 Å². The van der Waals surface area contributed by atoms with Crippen molar-refractivity contribution in [1.82, 2.24) is 15.2 Å². The van der Waals surface area contributed by atoms with Crippen molar-refractivity contribution >= 4 is 17.6 Å². The standard InChI is InChI=1S/C28H35FN4O3/c1-28(31-2,27(30)36)24(18-7-4-3-5-8-18)26(35)33-16-6-9-23(33)22-17-20(14-15-32-22)25(34)19-10-12-21(29)13-11-19/h10-15,17-18,23-24,31H,3-9,16H2,1-2H3,(H2,30,36)/t23-,24+,28?/m0/s1. The Bertz CT molecular complexity index is 1120. The first-order valence-corrected chi connectivity index (χ1v) is 12.8. The Kier molecular flexibility index (Phi) is 7.83. The van der Waals surface area contributed by atoms with E-state index in [0.717, 1.165) is 44.9 Å². The number of nitrogens with two attached hydrogens (primary N) is 1. The molecule has 2 heterocycles. The smallest absolute Gasteiger partial charge is 0.238 e. The van der Waals surface area contributed by atoms with E-state index in [2.05, 4.69) is 10.3 Å². The Balaban J connectivity index is 1.64. The van der Waals surface area contributed by atoms with Crippen molar-refractivity contribution in [3.05, 3.63) is 65.2 Å². The van der Waals surface area contributed by atoms with E-state index in [-0.39, 0.29) is 23.7 Å². The van der Waals surface area contributed by atoms with Crippen LogP contribution in [0.4, 0.5) is 4.39 Å². The van der Waals surface area contributed by atoms with Gasteiger partial charge in [-0.25, -0.2) is 4.39 Å². The van der Waals surface area contributed by atoms with Crippen molar-refractivity contribution in [1.29, 1.82) is 0 Å². The van der Waals surface area contributed by atoms with E-state index in [4.69, 9.17) is 5.73 Å². The molecule has 2 fully saturated rings. The van der Waals surface area contributed by atoms with Gasteiger partial charge in [-0.05, 0) is 82.0 Å². The fourth-order valence-electron chi connectivity index (χ4n) is 5.88. The van der Waals surface area contributed by atoms with Gasteiger partial charge in [-0.3, -0.25) is 19.4 Å². The molecule has 0 bridgehead atoms. The van der Waals surface area contributed by atoms with Crippen LogP contribution in [0.25, 0.3) is 0 Å². The summed E-state index contributed by atoms with van der Waals surface area (Å²) in [7, 11) is 1.68. The van der Waals surface area contributed by atoms with Crippen LogP contribution in [0.1, 0.15) is 79.5 Å². The Morgan fingerprint density at radius 1 is 1.06 bits per heavy atom. The molecule has 0 radical (unpaired) electrons. The summed E-state index contributed by atoms with van der Waals surface area (Å²) in [4.78, 5) is 46.1. The van der Waals surface area contributed by atoms with Crippen molar-refractivity contribution in [2.24, 2.45) is 17.6 Å². The highest BCUT2D eigenvalue weighted by Gasteiger charge is 2.50. The van der Waals surface area contributed by atoms with E-state index in [1.807, 2.05) is 4.90 Å². The number of amides is 2. The van der Waals surface area contributed by atoms with Crippen molar-refractivity contribution in [2.45, 2.75) is 63.5 Å². The first kappa shape index (κ1) is 25.9. The maximum absolute atomic E-state index is 14.2. The number of likely N-dealkylation sites (N-methyl/N-ethyl adjacent to an activating group) is 1. The molecular formula is C28H35FN4O3. The Hall–Kier alpha value is -3.13. The Morgan fingerprint density at radius 3 is 2.39 bits per heavy atom. The molecule has 2 aliphatic rings. The number of rotatable bonds is 8. The van der Waals surface area contributed by atoms with Crippen molar-refractivity contribution < 1.29 is 18.8 Å². The molecule has 1 aliphatic carbocycles. The third-order valence-corrected chi connectivity index (χ3v) is 8.07. The summed E-state index contributed by atoms with van der Waals surface area (Å²) in [5.41, 5.74) is 6.14. The second kappa shape index (κ2) is 10.9.